The van der Waals surface area contributed by atoms with Crippen LogP contribution in [0.15, 0.2) is 24.3 Å². The summed E-state index contributed by atoms with van der Waals surface area (Å²) in [6, 6.07) is 8.08. The SMILES string of the molecule is COc1ccccc1C(C)N1CCC(C)(C(=O)O)C1. The molecule has 1 heterocycles. The van der Waals surface area contributed by atoms with Gasteiger partial charge in [-0.25, -0.2) is 0 Å². The first-order valence-electron chi connectivity index (χ1n) is 6.58. The minimum absolute atomic E-state index is 0.164. The van der Waals surface area contributed by atoms with Crippen molar-refractivity contribution < 1.29 is 14.6 Å². The molecule has 0 saturated carbocycles. The summed E-state index contributed by atoms with van der Waals surface area (Å²) in [6.45, 7) is 5.32. The topological polar surface area (TPSA) is 49.8 Å². The fourth-order valence-electron chi connectivity index (χ4n) is 2.71. The lowest BCUT2D eigenvalue weighted by Crippen LogP contribution is -2.33. The van der Waals surface area contributed by atoms with E-state index in [1.807, 2.05) is 31.2 Å². The molecule has 0 amide bonds. The number of hydrogen-bond acceptors (Lipinski definition) is 3. The van der Waals surface area contributed by atoms with Crippen molar-refractivity contribution in [3.63, 3.8) is 0 Å². The second kappa shape index (κ2) is 5.21. The number of nitrogens with zero attached hydrogens (tertiary/aromatic N) is 1. The summed E-state index contributed by atoms with van der Waals surface area (Å²) in [5.74, 6) is 0.154. The number of rotatable bonds is 4. The van der Waals surface area contributed by atoms with Gasteiger partial charge in [0.1, 0.15) is 5.75 Å². The van der Waals surface area contributed by atoms with Crippen LogP contribution in [-0.4, -0.2) is 36.2 Å². The lowest BCUT2D eigenvalue weighted by molar-refractivity contribution is -0.147. The van der Waals surface area contributed by atoms with Crippen LogP contribution >= 0.6 is 0 Å². The zero-order chi connectivity index (χ0) is 14.0. The number of methoxy groups -OCH3 is 1. The molecule has 104 valence electrons. The first kappa shape index (κ1) is 13.9. The molecule has 1 aromatic rings. The van der Waals surface area contributed by atoms with E-state index in [-0.39, 0.29) is 6.04 Å². The first-order valence-corrected chi connectivity index (χ1v) is 6.58. The first-order chi connectivity index (χ1) is 8.98. The van der Waals surface area contributed by atoms with E-state index in [1.54, 1.807) is 7.11 Å². The molecule has 0 bridgehead atoms. The molecule has 0 radical (unpaired) electrons. The molecule has 0 aliphatic carbocycles. The maximum Gasteiger partial charge on any atom is 0.310 e. The number of benzene rings is 1. The molecule has 1 aromatic carbocycles. The minimum Gasteiger partial charge on any atom is -0.496 e. The van der Waals surface area contributed by atoms with Crippen LogP contribution in [0.1, 0.15) is 31.9 Å². The zero-order valence-corrected chi connectivity index (χ0v) is 11.7. The largest absolute Gasteiger partial charge is 0.496 e. The van der Waals surface area contributed by atoms with Gasteiger partial charge in [-0.2, -0.15) is 0 Å². The highest BCUT2D eigenvalue weighted by Crippen LogP contribution is 2.37. The molecule has 0 aromatic heterocycles. The average molecular weight is 263 g/mol. The Kier molecular flexibility index (Phi) is 3.80. The van der Waals surface area contributed by atoms with Crippen molar-refractivity contribution in [1.29, 1.82) is 0 Å². The Morgan fingerprint density at radius 2 is 2.16 bits per heavy atom. The molecule has 1 aliphatic heterocycles. The smallest absolute Gasteiger partial charge is 0.310 e. The van der Waals surface area contributed by atoms with E-state index in [0.717, 1.165) is 17.9 Å². The third kappa shape index (κ3) is 2.59. The summed E-state index contributed by atoms with van der Waals surface area (Å²) in [6.07, 6.45) is 0.696. The molecule has 19 heavy (non-hydrogen) atoms. The van der Waals surface area contributed by atoms with Crippen molar-refractivity contribution in [3.05, 3.63) is 29.8 Å². The van der Waals surface area contributed by atoms with Gasteiger partial charge in [0.15, 0.2) is 0 Å². The van der Waals surface area contributed by atoms with Crippen LogP contribution in [-0.2, 0) is 4.79 Å². The maximum atomic E-state index is 11.3. The summed E-state index contributed by atoms with van der Waals surface area (Å²) in [7, 11) is 1.66. The Morgan fingerprint density at radius 3 is 2.74 bits per heavy atom. The Labute approximate surface area is 114 Å². The van der Waals surface area contributed by atoms with Crippen molar-refractivity contribution in [1.82, 2.24) is 4.90 Å². The molecule has 1 aliphatic rings. The highest BCUT2D eigenvalue weighted by molar-refractivity contribution is 5.74. The van der Waals surface area contributed by atoms with E-state index in [0.29, 0.717) is 13.0 Å². The minimum atomic E-state index is -0.706. The van der Waals surface area contributed by atoms with Gasteiger partial charge in [0.2, 0.25) is 0 Å². The van der Waals surface area contributed by atoms with Crippen molar-refractivity contribution in [2.45, 2.75) is 26.3 Å². The van der Waals surface area contributed by atoms with E-state index in [9.17, 15) is 9.90 Å². The molecule has 0 spiro atoms. The highest BCUT2D eigenvalue weighted by atomic mass is 16.5. The van der Waals surface area contributed by atoms with E-state index in [1.165, 1.54) is 0 Å². The summed E-state index contributed by atoms with van der Waals surface area (Å²) in [5, 5.41) is 9.29. The average Bonchev–Trinajstić information content (AvgIpc) is 2.82. The van der Waals surface area contributed by atoms with E-state index >= 15 is 0 Å². The van der Waals surface area contributed by atoms with Gasteiger partial charge in [-0.1, -0.05) is 18.2 Å². The molecule has 1 saturated heterocycles. The molecule has 1 N–H and O–H groups in total. The van der Waals surface area contributed by atoms with Crippen LogP contribution in [0.2, 0.25) is 0 Å². The molecule has 2 atom stereocenters. The van der Waals surface area contributed by atoms with Crippen LogP contribution in [0.4, 0.5) is 0 Å². The van der Waals surface area contributed by atoms with Crippen molar-refractivity contribution in [2.24, 2.45) is 5.41 Å². The molecule has 2 unspecified atom stereocenters. The third-order valence-electron chi connectivity index (χ3n) is 4.16. The van der Waals surface area contributed by atoms with E-state index < -0.39 is 11.4 Å². The van der Waals surface area contributed by atoms with Gasteiger partial charge in [0, 0.05) is 18.2 Å². The molecule has 1 fully saturated rings. The molecule has 4 heteroatoms. The normalized spacial score (nSPS) is 25.2. The quantitative estimate of drug-likeness (QED) is 0.907. The molecular formula is C15H21NO3. The van der Waals surface area contributed by atoms with E-state index in [4.69, 9.17) is 4.74 Å². The number of ether oxygens (including phenoxy) is 1. The fourth-order valence-corrected chi connectivity index (χ4v) is 2.71. The van der Waals surface area contributed by atoms with Crippen LogP contribution in [0.25, 0.3) is 0 Å². The second-order valence-electron chi connectivity index (χ2n) is 5.50. The maximum absolute atomic E-state index is 11.3. The summed E-state index contributed by atoms with van der Waals surface area (Å²) in [5.41, 5.74) is 0.482. The predicted octanol–water partition coefficient (Wildman–Crippen LogP) is 2.55. The zero-order valence-electron chi connectivity index (χ0n) is 11.7. The lowest BCUT2D eigenvalue weighted by atomic mass is 9.90. The summed E-state index contributed by atoms with van der Waals surface area (Å²) in [4.78, 5) is 13.5. The number of carboxylic acid groups (broad SMARTS) is 1. The van der Waals surface area contributed by atoms with Gasteiger partial charge in [-0.3, -0.25) is 9.69 Å². The monoisotopic (exact) mass is 263 g/mol. The number of likely N-dealkylation sites (tertiary alicyclic amines) is 1. The number of aliphatic carboxylic acids is 1. The summed E-state index contributed by atoms with van der Waals surface area (Å²) >= 11 is 0. The van der Waals surface area contributed by atoms with Gasteiger partial charge >= 0.3 is 5.97 Å². The number of para-hydroxylation sites is 1. The predicted molar refractivity (Wildman–Crippen MR) is 73.3 cm³/mol. The number of carbonyl (C=O) groups is 1. The Hall–Kier alpha value is -1.55. The van der Waals surface area contributed by atoms with Crippen LogP contribution in [0, 0.1) is 5.41 Å². The third-order valence-corrected chi connectivity index (χ3v) is 4.16. The van der Waals surface area contributed by atoms with Gasteiger partial charge in [0.25, 0.3) is 0 Å². The Balaban J connectivity index is 2.18. The van der Waals surface area contributed by atoms with Gasteiger partial charge in [-0.15, -0.1) is 0 Å². The van der Waals surface area contributed by atoms with Crippen LogP contribution in [0.3, 0.4) is 0 Å². The second-order valence-corrected chi connectivity index (χ2v) is 5.50. The number of hydrogen-bond donors (Lipinski definition) is 1. The van der Waals surface area contributed by atoms with E-state index in [2.05, 4.69) is 11.8 Å². The van der Waals surface area contributed by atoms with Gasteiger partial charge in [0.05, 0.1) is 12.5 Å². The highest BCUT2D eigenvalue weighted by Gasteiger charge is 2.42. The van der Waals surface area contributed by atoms with Crippen LogP contribution < -0.4 is 4.74 Å². The summed E-state index contributed by atoms with van der Waals surface area (Å²) < 4.78 is 5.38. The van der Waals surface area contributed by atoms with Crippen molar-refractivity contribution >= 4 is 5.97 Å². The molecular weight excluding hydrogens is 242 g/mol. The fraction of sp³-hybridized carbons (Fsp3) is 0.533. The van der Waals surface area contributed by atoms with Gasteiger partial charge in [-0.05, 0) is 32.9 Å². The van der Waals surface area contributed by atoms with Crippen LogP contribution in [0.5, 0.6) is 5.75 Å². The van der Waals surface area contributed by atoms with Crippen molar-refractivity contribution in [2.75, 3.05) is 20.2 Å². The molecule has 2 rings (SSSR count). The molecule has 4 nitrogen and oxygen atoms in total. The Morgan fingerprint density at radius 1 is 1.47 bits per heavy atom. The number of carboxylic acids is 1. The van der Waals surface area contributed by atoms with Gasteiger partial charge < -0.3 is 9.84 Å². The van der Waals surface area contributed by atoms with Crippen molar-refractivity contribution in [3.8, 4) is 5.75 Å². The lowest BCUT2D eigenvalue weighted by Gasteiger charge is -2.27. The Bertz CT molecular complexity index is 474. The standard InChI is InChI=1S/C15H21NO3/c1-11(12-6-4-5-7-13(12)19-3)16-9-8-15(2,10-16)14(17)18/h4-7,11H,8-10H2,1-3H3,(H,17,18).